The zero-order valence-corrected chi connectivity index (χ0v) is 4.13. The molecule has 6 heavy (non-hydrogen) atoms. The summed E-state index contributed by atoms with van der Waals surface area (Å²) in [7, 11) is -2.29. The highest BCUT2D eigenvalue weighted by Gasteiger charge is 1.39. The maximum absolute atomic E-state index is 8.96. The van der Waals surface area contributed by atoms with Gasteiger partial charge in [-0.15, -0.1) is 0 Å². The maximum Gasteiger partial charge on any atom is 0.130 e. The van der Waals surface area contributed by atoms with Crippen molar-refractivity contribution in [3.63, 3.8) is 0 Å². The van der Waals surface area contributed by atoms with Gasteiger partial charge >= 0.3 is 0 Å². The van der Waals surface area contributed by atoms with Crippen LogP contribution >= 0.6 is 0 Å². The normalized spacial score (nSPS) is 10.2. The van der Waals surface area contributed by atoms with E-state index >= 15 is 0 Å². The molecule has 0 aromatic heterocycles. The van der Waals surface area contributed by atoms with Crippen LogP contribution in [0, 0.1) is 0 Å². The van der Waals surface area contributed by atoms with Gasteiger partial charge in [0.15, 0.2) is 0 Å². The quantitative estimate of drug-likeness (QED) is 0.411. The predicted molar refractivity (Wildman–Crippen MR) is 31.3 cm³/mol. The molecule has 0 saturated carbocycles. The lowest BCUT2D eigenvalue weighted by Gasteiger charge is -1.47. The molecule has 0 heterocycles. The molecule has 0 aliphatic carbocycles. The Balaban J connectivity index is -0.0000000450. The Bertz CT molecular complexity index is 59.9. The fraction of sp³-hybridized carbons (Fsp3) is 1.00. The number of hydrogen-bond donors (Lipinski definition) is 3. The van der Waals surface area contributed by atoms with E-state index < -0.39 is 9.64 Å². The Morgan fingerprint density at radius 3 is 1.67 bits per heavy atom. The van der Waals surface area contributed by atoms with E-state index in [-0.39, 0.29) is 13.6 Å². The van der Waals surface area contributed by atoms with Crippen molar-refractivity contribution in [1.82, 2.24) is 6.15 Å². The molecule has 42 valence electrons. The topological polar surface area (TPSA) is 72.3 Å². The zero-order chi connectivity index (χ0) is 3.58. The van der Waals surface area contributed by atoms with Crippen molar-refractivity contribution >= 4 is 20.8 Å². The number of hydrogen-bond acceptors (Lipinski definition) is 3. The molecule has 3 nitrogen and oxygen atoms in total. The summed E-state index contributed by atoms with van der Waals surface area (Å²) >= 11 is 3.69. The largest absolute Gasteiger partial charge is 0.344 e. The Labute approximate surface area is 43.9 Å². The summed E-state index contributed by atoms with van der Waals surface area (Å²) in [4.78, 5) is 0. The molecular weight excluding hydrogens is 122 g/mol. The van der Waals surface area contributed by atoms with E-state index in [9.17, 15) is 0 Å². The first kappa shape index (κ1) is 16.3. The van der Waals surface area contributed by atoms with E-state index in [1.165, 1.54) is 0 Å². The van der Waals surface area contributed by atoms with E-state index in [2.05, 4.69) is 11.2 Å². The minimum atomic E-state index is -2.29. The highest BCUT2D eigenvalue weighted by atomic mass is 32.8. The summed E-state index contributed by atoms with van der Waals surface area (Å²) in [5.41, 5.74) is 0. The first-order valence-corrected chi connectivity index (χ1v) is 2.79. The van der Waals surface area contributed by atoms with E-state index in [1.807, 2.05) is 0 Å². The van der Waals surface area contributed by atoms with Crippen molar-refractivity contribution in [3.8, 4) is 0 Å². The van der Waals surface area contributed by atoms with Crippen LogP contribution in [0.5, 0.6) is 0 Å². The summed E-state index contributed by atoms with van der Waals surface area (Å²) < 4.78 is 16.3. The molecular formula is CH9NO2S2. The Morgan fingerprint density at radius 1 is 1.67 bits per heavy atom. The highest BCUT2D eigenvalue weighted by Crippen LogP contribution is 1.31. The molecule has 0 bridgehead atoms. The van der Waals surface area contributed by atoms with Gasteiger partial charge in [0.05, 0.1) is 0 Å². The third-order valence-electron chi connectivity index (χ3n) is 0. The van der Waals surface area contributed by atoms with Gasteiger partial charge in [0, 0.05) is 11.2 Å². The molecule has 0 aromatic carbocycles. The Hall–Kier alpha value is 0.290. The van der Waals surface area contributed by atoms with Gasteiger partial charge in [-0.3, -0.25) is 0 Å². The second-order valence-corrected chi connectivity index (χ2v) is 1.65. The van der Waals surface area contributed by atoms with Crippen LogP contribution in [-0.2, 0) is 20.8 Å². The van der Waals surface area contributed by atoms with Gasteiger partial charge in [0.2, 0.25) is 0 Å². The zero-order valence-electron chi connectivity index (χ0n) is 2.42. The summed E-state index contributed by atoms with van der Waals surface area (Å²) in [6.07, 6.45) is 0. The summed E-state index contributed by atoms with van der Waals surface area (Å²) in [6, 6.07) is 0. The van der Waals surface area contributed by atoms with Crippen molar-refractivity contribution in [2.45, 2.75) is 7.43 Å². The van der Waals surface area contributed by atoms with Gasteiger partial charge in [0.1, 0.15) is 9.64 Å². The van der Waals surface area contributed by atoms with Gasteiger partial charge in [-0.1, -0.05) is 7.43 Å². The smallest absolute Gasteiger partial charge is 0.130 e. The van der Waals surface area contributed by atoms with Gasteiger partial charge < -0.3 is 10.7 Å². The third kappa shape index (κ3) is 552. The van der Waals surface area contributed by atoms with Crippen LogP contribution in [-0.4, -0.2) is 8.76 Å². The van der Waals surface area contributed by atoms with Crippen LogP contribution in [0.15, 0.2) is 0 Å². The summed E-state index contributed by atoms with van der Waals surface area (Å²) in [5.74, 6) is 0. The minimum Gasteiger partial charge on any atom is -0.344 e. The Morgan fingerprint density at radius 2 is 1.67 bits per heavy atom. The molecule has 0 saturated heterocycles. The first-order valence-electron chi connectivity index (χ1n) is 0.565. The molecule has 4 N–H and O–H groups in total. The fourth-order valence-electron chi connectivity index (χ4n) is 0. The Kier molecular flexibility index (Phi) is 24.4. The summed E-state index contributed by atoms with van der Waals surface area (Å²) in [6.45, 7) is 0. The van der Waals surface area contributed by atoms with Crippen molar-refractivity contribution in [2.75, 3.05) is 0 Å². The van der Waals surface area contributed by atoms with E-state index in [0.717, 1.165) is 0 Å². The van der Waals surface area contributed by atoms with Crippen molar-refractivity contribution in [2.24, 2.45) is 0 Å². The molecule has 1 unspecified atom stereocenters. The monoisotopic (exact) mass is 131 g/mol. The molecule has 0 rings (SSSR count). The van der Waals surface area contributed by atoms with Gasteiger partial charge in [-0.25, -0.2) is 4.21 Å². The van der Waals surface area contributed by atoms with Crippen LogP contribution in [0.3, 0.4) is 0 Å². The van der Waals surface area contributed by atoms with E-state index in [1.54, 1.807) is 0 Å². The highest BCUT2D eigenvalue weighted by molar-refractivity contribution is 8.18. The first-order chi connectivity index (χ1) is 1.73. The number of rotatable bonds is 0. The lowest BCUT2D eigenvalue weighted by atomic mass is 12.0. The van der Waals surface area contributed by atoms with E-state index in [0.29, 0.717) is 0 Å². The molecule has 0 fully saturated rings. The molecule has 0 aliphatic heterocycles. The standard InChI is InChI=1S/CH4.H3N.H2O2S2/c;;1-4(2)3/h1H4;1H3;4H,(H,1,2,3). The van der Waals surface area contributed by atoms with Crippen molar-refractivity contribution in [3.05, 3.63) is 0 Å². The molecule has 1 atom stereocenters. The van der Waals surface area contributed by atoms with E-state index in [4.69, 9.17) is 8.76 Å². The lowest BCUT2D eigenvalue weighted by molar-refractivity contribution is 0.583. The van der Waals surface area contributed by atoms with Crippen molar-refractivity contribution in [1.29, 1.82) is 0 Å². The summed E-state index contributed by atoms with van der Waals surface area (Å²) in [5, 5.41) is 0. The second kappa shape index (κ2) is 8.99. The fourth-order valence-corrected chi connectivity index (χ4v) is 0. The minimum absolute atomic E-state index is 0. The molecule has 5 heteroatoms. The van der Waals surface area contributed by atoms with Gasteiger partial charge in [-0.2, -0.15) is 0 Å². The molecule has 0 amide bonds. The molecule has 0 radical (unpaired) electrons. The second-order valence-electron chi connectivity index (χ2n) is 0.238. The van der Waals surface area contributed by atoms with Crippen LogP contribution < -0.4 is 6.15 Å². The predicted octanol–water partition coefficient (Wildman–Crippen LogP) is 0.200. The molecule has 0 spiro atoms. The van der Waals surface area contributed by atoms with Crippen LogP contribution in [0.1, 0.15) is 7.43 Å². The SMILES string of the molecule is C.N.O=[SH](O)=S. The average Bonchev–Trinajstić information content (AvgIpc) is 0.811. The molecule has 0 aliphatic rings. The van der Waals surface area contributed by atoms with Crippen LogP contribution in [0.4, 0.5) is 0 Å². The number of thiol groups is 1. The van der Waals surface area contributed by atoms with Gasteiger partial charge in [-0.05, 0) is 0 Å². The van der Waals surface area contributed by atoms with Crippen molar-refractivity contribution < 1.29 is 8.76 Å². The maximum atomic E-state index is 8.96. The molecule has 0 aromatic rings. The van der Waals surface area contributed by atoms with Crippen LogP contribution in [0.2, 0.25) is 0 Å². The van der Waals surface area contributed by atoms with Crippen LogP contribution in [0.25, 0.3) is 0 Å². The van der Waals surface area contributed by atoms with Gasteiger partial charge in [0.25, 0.3) is 0 Å². The third-order valence-corrected chi connectivity index (χ3v) is 0. The average molecular weight is 131 g/mol. The lowest BCUT2D eigenvalue weighted by Crippen LogP contribution is -1.54.